The third-order valence-electron chi connectivity index (χ3n) is 2.09. The lowest BCUT2D eigenvalue weighted by Gasteiger charge is -2.17. The minimum atomic E-state index is -0.256. The van der Waals surface area contributed by atoms with Gasteiger partial charge in [0.2, 0.25) is 5.11 Å². The topological polar surface area (TPSA) is 28.0 Å². The Morgan fingerprint density at radius 2 is 2.00 bits per heavy atom. The Morgan fingerprint density at radius 1 is 1.36 bits per heavy atom. The van der Waals surface area contributed by atoms with E-state index < -0.39 is 0 Å². The third kappa shape index (κ3) is 1.50. The molecule has 1 heterocycles. The van der Waals surface area contributed by atoms with Crippen molar-refractivity contribution in [2.75, 3.05) is 7.05 Å². The third-order valence-corrected chi connectivity index (χ3v) is 2.46. The minimum Gasteiger partial charge on any atom is -0.322 e. The maximum Gasteiger partial charge on any atom is 0.217 e. The highest BCUT2D eigenvalue weighted by molar-refractivity contribution is 7.80. The summed E-state index contributed by atoms with van der Waals surface area (Å²) in [6.07, 6.45) is -0.205. The van der Waals surface area contributed by atoms with Gasteiger partial charge >= 0.3 is 0 Å². The van der Waals surface area contributed by atoms with Gasteiger partial charge in [-0.3, -0.25) is 0 Å². The molecule has 1 atom stereocenters. The highest BCUT2D eigenvalue weighted by atomic mass is 32.1. The van der Waals surface area contributed by atoms with E-state index in [-0.39, 0.29) is 12.0 Å². The van der Waals surface area contributed by atoms with Crippen LogP contribution in [0.1, 0.15) is 11.7 Å². The minimum absolute atomic E-state index is 0.205. The molecule has 0 aliphatic carbocycles. The molecule has 1 aromatic rings. The van der Waals surface area contributed by atoms with Crippen LogP contribution >= 0.6 is 12.2 Å². The van der Waals surface area contributed by atoms with Crippen LogP contribution < -0.4 is 0 Å². The highest BCUT2D eigenvalue weighted by Crippen LogP contribution is 2.26. The van der Waals surface area contributed by atoms with Crippen molar-refractivity contribution in [3.63, 3.8) is 0 Å². The monoisotopic (exact) mass is 209 g/mol. The van der Waals surface area contributed by atoms with Crippen molar-refractivity contribution in [1.82, 2.24) is 4.90 Å². The summed E-state index contributed by atoms with van der Waals surface area (Å²) in [4.78, 5) is 1.77. The molecule has 1 aromatic carbocycles. The summed E-state index contributed by atoms with van der Waals surface area (Å²) in [6.45, 7) is 0. The molecule has 0 amide bonds. The number of nitrogens with zero attached hydrogens (tertiary/aromatic N) is 3. The van der Waals surface area contributed by atoms with Gasteiger partial charge in [0.05, 0.1) is 0 Å². The molecule has 0 saturated heterocycles. The highest BCUT2D eigenvalue weighted by Gasteiger charge is 2.23. The SMILES string of the molecule is CN1C(=S)N=NC1c1ccc(F)cc1. The van der Waals surface area contributed by atoms with Gasteiger partial charge in [-0.05, 0) is 29.9 Å². The van der Waals surface area contributed by atoms with Gasteiger partial charge in [-0.2, -0.15) is 5.11 Å². The van der Waals surface area contributed by atoms with Crippen molar-refractivity contribution in [1.29, 1.82) is 0 Å². The lowest BCUT2D eigenvalue weighted by molar-refractivity contribution is 0.413. The average molecular weight is 209 g/mol. The van der Waals surface area contributed by atoms with E-state index in [0.717, 1.165) is 5.56 Å². The second-order valence-electron chi connectivity index (χ2n) is 3.03. The van der Waals surface area contributed by atoms with Gasteiger partial charge < -0.3 is 4.90 Å². The predicted molar refractivity (Wildman–Crippen MR) is 54.4 cm³/mol. The first-order valence-corrected chi connectivity index (χ1v) is 4.52. The molecule has 0 saturated carbocycles. The van der Waals surface area contributed by atoms with Gasteiger partial charge in [-0.25, -0.2) is 4.39 Å². The van der Waals surface area contributed by atoms with E-state index in [9.17, 15) is 4.39 Å². The van der Waals surface area contributed by atoms with Gasteiger partial charge in [0, 0.05) is 7.05 Å². The van der Waals surface area contributed by atoms with Crippen molar-refractivity contribution >= 4 is 17.3 Å². The molecular formula is C9H8FN3S. The number of hydrogen-bond acceptors (Lipinski definition) is 2. The molecule has 0 N–H and O–H groups in total. The van der Waals surface area contributed by atoms with E-state index in [2.05, 4.69) is 10.2 Å². The fourth-order valence-corrected chi connectivity index (χ4v) is 1.43. The van der Waals surface area contributed by atoms with Crippen molar-refractivity contribution in [3.8, 4) is 0 Å². The molecule has 3 nitrogen and oxygen atoms in total. The Labute approximate surface area is 86.3 Å². The Bertz CT molecular complexity index is 388. The Kier molecular flexibility index (Phi) is 2.25. The first-order valence-electron chi connectivity index (χ1n) is 4.11. The van der Waals surface area contributed by atoms with E-state index >= 15 is 0 Å². The summed E-state index contributed by atoms with van der Waals surface area (Å²) < 4.78 is 12.7. The average Bonchev–Trinajstić information content (AvgIpc) is 2.50. The summed E-state index contributed by atoms with van der Waals surface area (Å²) in [6, 6.07) is 6.17. The van der Waals surface area contributed by atoms with Gasteiger partial charge in [0.25, 0.3) is 0 Å². The Hall–Kier alpha value is -1.36. The summed E-state index contributed by atoms with van der Waals surface area (Å²) in [5.74, 6) is -0.256. The summed E-state index contributed by atoms with van der Waals surface area (Å²) >= 11 is 4.94. The van der Waals surface area contributed by atoms with Crippen LogP contribution in [0.3, 0.4) is 0 Å². The lowest BCUT2D eigenvalue weighted by atomic mass is 10.1. The quantitative estimate of drug-likeness (QED) is 0.665. The van der Waals surface area contributed by atoms with Crippen molar-refractivity contribution < 1.29 is 4.39 Å². The van der Waals surface area contributed by atoms with Crippen molar-refractivity contribution in [2.24, 2.45) is 10.2 Å². The van der Waals surface area contributed by atoms with E-state index in [0.29, 0.717) is 5.11 Å². The van der Waals surface area contributed by atoms with Crippen LogP contribution in [0.5, 0.6) is 0 Å². The molecule has 14 heavy (non-hydrogen) atoms. The number of azo groups is 1. The summed E-state index contributed by atoms with van der Waals surface area (Å²) in [5.41, 5.74) is 0.887. The zero-order valence-electron chi connectivity index (χ0n) is 7.51. The Morgan fingerprint density at radius 3 is 2.50 bits per heavy atom. The van der Waals surface area contributed by atoms with Gasteiger partial charge in [-0.15, -0.1) is 5.11 Å². The van der Waals surface area contributed by atoms with Gasteiger partial charge in [0.1, 0.15) is 5.82 Å². The van der Waals surface area contributed by atoms with E-state index in [1.165, 1.54) is 12.1 Å². The van der Waals surface area contributed by atoms with Gasteiger partial charge in [0.15, 0.2) is 6.17 Å². The number of hydrogen-bond donors (Lipinski definition) is 0. The standard InChI is InChI=1S/C9H8FN3S/c1-13-8(11-12-9(13)14)6-2-4-7(10)5-3-6/h2-5,8H,1H3. The van der Waals surface area contributed by atoms with Crippen LogP contribution in [0.15, 0.2) is 34.5 Å². The molecular weight excluding hydrogens is 201 g/mol. The molecule has 72 valence electrons. The lowest BCUT2D eigenvalue weighted by Crippen LogP contribution is -2.21. The fourth-order valence-electron chi connectivity index (χ4n) is 1.28. The van der Waals surface area contributed by atoms with Crippen LogP contribution in [0.2, 0.25) is 0 Å². The van der Waals surface area contributed by atoms with Crippen LogP contribution in [-0.4, -0.2) is 17.1 Å². The number of rotatable bonds is 1. The molecule has 0 radical (unpaired) electrons. The van der Waals surface area contributed by atoms with Crippen LogP contribution in [0.4, 0.5) is 4.39 Å². The van der Waals surface area contributed by atoms with E-state index in [1.54, 1.807) is 17.0 Å². The summed E-state index contributed by atoms with van der Waals surface area (Å²) in [7, 11) is 1.82. The largest absolute Gasteiger partial charge is 0.322 e. The molecule has 0 fully saturated rings. The molecule has 1 aliphatic heterocycles. The first kappa shape index (κ1) is 9.21. The number of benzene rings is 1. The van der Waals surface area contributed by atoms with Crippen molar-refractivity contribution in [3.05, 3.63) is 35.6 Å². The number of thiocarbonyl (C=S) groups is 1. The summed E-state index contributed by atoms with van der Waals surface area (Å²) in [5, 5.41) is 8.23. The zero-order chi connectivity index (χ0) is 10.1. The van der Waals surface area contributed by atoms with Gasteiger partial charge in [-0.1, -0.05) is 12.1 Å². The van der Waals surface area contributed by atoms with Crippen LogP contribution in [0, 0.1) is 5.82 Å². The molecule has 1 unspecified atom stereocenters. The van der Waals surface area contributed by atoms with Crippen molar-refractivity contribution in [2.45, 2.75) is 6.17 Å². The molecule has 0 bridgehead atoms. The first-order chi connectivity index (χ1) is 6.68. The second-order valence-corrected chi connectivity index (χ2v) is 3.40. The van der Waals surface area contributed by atoms with Crippen LogP contribution in [-0.2, 0) is 0 Å². The molecule has 2 rings (SSSR count). The second kappa shape index (κ2) is 3.42. The number of halogens is 1. The Balaban J connectivity index is 2.28. The predicted octanol–water partition coefficient (Wildman–Crippen LogP) is 2.51. The van der Waals surface area contributed by atoms with Crippen LogP contribution in [0.25, 0.3) is 0 Å². The van der Waals surface area contributed by atoms with E-state index in [1.807, 2.05) is 7.05 Å². The smallest absolute Gasteiger partial charge is 0.217 e. The normalized spacial score (nSPS) is 20.6. The molecule has 1 aliphatic rings. The molecule has 5 heteroatoms. The van der Waals surface area contributed by atoms with E-state index in [4.69, 9.17) is 12.2 Å². The maximum atomic E-state index is 12.7. The fraction of sp³-hybridized carbons (Fsp3) is 0.222. The zero-order valence-corrected chi connectivity index (χ0v) is 8.33. The maximum absolute atomic E-state index is 12.7. The molecule has 0 aromatic heterocycles. The molecule has 0 spiro atoms.